The van der Waals surface area contributed by atoms with Crippen molar-refractivity contribution in [3.8, 4) is 5.75 Å². The highest BCUT2D eigenvalue weighted by atomic mass is 16.5. The Morgan fingerprint density at radius 2 is 2.00 bits per heavy atom. The van der Waals surface area contributed by atoms with Gasteiger partial charge >= 0.3 is 0 Å². The Balaban J connectivity index is 1.71. The number of nitrogens with zero attached hydrogens (tertiary/aromatic N) is 2. The van der Waals surface area contributed by atoms with Crippen LogP contribution in [0.2, 0.25) is 0 Å². The lowest BCUT2D eigenvalue weighted by Crippen LogP contribution is -2.45. The van der Waals surface area contributed by atoms with E-state index in [2.05, 4.69) is 29.0 Å². The summed E-state index contributed by atoms with van der Waals surface area (Å²) in [5.74, 6) is 0.958. The quantitative estimate of drug-likeness (QED) is 0.825. The van der Waals surface area contributed by atoms with Crippen LogP contribution in [0.3, 0.4) is 0 Å². The summed E-state index contributed by atoms with van der Waals surface area (Å²) in [5, 5.41) is 0. The molecule has 1 heterocycles. The zero-order valence-corrected chi connectivity index (χ0v) is 11.8. The van der Waals surface area contributed by atoms with E-state index >= 15 is 0 Å². The molecule has 2 rings (SSSR count). The van der Waals surface area contributed by atoms with Crippen LogP contribution in [0.15, 0.2) is 24.3 Å². The summed E-state index contributed by atoms with van der Waals surface area (Å²) in [6.07, 6.45) is 0.912. The molecular weight excluding hydrogens is 238 g/mol. The molecule has 19 heavy (non-hydrogen) atoms. The molecule has 2 N–H and O–H groups in total. The highest BCUT2D eigenvalue weighted by Crippen LogP contribution is 2.13. The summed E-state index contributed by atoms with van der Waals surface area (Å²) in [5.41, 5.74) is 6.82. The third-order valence-electron chi connectivity index (χ3n) is 3.60. The van der Waals surface area contributed by atoms with E-state index in [1.165, 1.54) is 5.56 Å². The van der Waals surface area contributed by atoms with Gasteiger partial charge in [0.1, 0.15) is 12.4 Å². The fourth-order valence-electron chi connectivity index (χ4n) is 2.32. The van der Waals surface area contributed by atoms with E-state index in [0.717, 1.165) is 51.5 Å². The second-order valence-electron chi connectivity index (χ2n) is 5.18. The molecule has 0 aliphatic carbocycles. The Morgan fingerprint density at radius 1 is 1.21 bits per heavy atom. The van der Waals surface area contributed by atoms with Crippen molar-refractivity contribution in [2.75, 3.05) is 52.9 Å². The van der Waals surface area contributed by atoms with Gasteiger partial charge in [-0.1, -0.05) is 12.1 Å². The summed E-state index contributed by atoms with van der Waals surface area (Å²) in [6, 6.07) is 8.25. The highest BCUT2D eigenvalue weighted by molar-refractivity contribution is 5.28. The lowest BCUT2D eigenvalue weighted by atomic mass is 10.1. The van der Waals surface area contributed by atoms with Crippen molar-refractivity contribution in [1.29, 1.82) is 0 Å². The summed E-state index contributed by atoms with van der Waals surface area (Å²) >= 11 is 0. The molecule has 0 atom stereocenters. The van der Waals surface area contributed by atoms with Gasteiger partial charge in [0.15, 0.2) is 0 Å². The average molecular weight is 263 g/mol. The lowest BCUT2D eigenvalue weighted by molar-refractivity contribution is 0.133. The van der Waals surface area contributed by atoms with Crippen LogP contribution in [0.4, 0.5) is 0 Å². The molecule has 0 aromatic heterocycles. The minimum Gasteiger partial charge on any atom is -0.492 e. The molecule has 1 aliphatic rings. The number of hydrogen-bond donors (Lipinski definition) is 1. The van der Waals surface area contributed by atoms with Crippen LogP contribution in [0.1, 0.15) is 5.56 Å². The van der Waals surface area contributed by atoms with Crippen molar-refractivity contribution in [1.82, 2.24) is 9.80 Å². The van der Waals surface area contributed by atoms with Crippen LogP contribution in [-0.4, -0.2) is 62.7 Å². The van der Waals surface area contributed by atoms with Crippen LogP contribution in [0.5, 0.6) is 5.75 Å². The average Bonchev–Trinajstić information content (AvgIpc) is 2.42. The molecule has 1 aliphatic heterocycles. The number of nitrogens with two attached hydrogens (primary N) is 1. The fraction of sp³-hybridized carbons (Fsp3) is 0.600. The normalized spacial score (nSPS) is 17.6. The summed E-state index contributed by atoms with van der Waals surface area (Å²) in [6.45, 7) is 7.06. The predicted octanol–water partition coefficient (Wildman–Crippen LogP) is 0.814. The van der Waals surface area contributed by atoms with Gasteiger partial charge in [-0.25, -0.2) is 0 Å². The van der Waals surface area contributed by atoms with Gasteiger partial charge in [-0.3, -0.25) is 4.90 Å². The van der Waals surface area contributed by atoms with Crippen molar-refractivity contribution in [3.63, 3.8) is 0 Å². The van der Waals surface area contributed by atoms with E-state index in [4.69, 9.17) is 10.5 Å². The van der Waals surface area contributed by atoms with E-state index in [9.17, 15) is 0 Å². The Hall–Kier alpha value is -1.10. The maximum Gasteiger partial charge on any atom is 0.119 e. The van der Waals surface area contributed by atoms with Gasteiger partial charge in [0, 0.05) is 32.7 Å². The van der Waals surface area contributed by atoms with Gasteiger partial charge in [0.2, 0.25) is 0 Å². The van der Waals surface area contributed by atoms with Crippen molar-refractivity contribution in [2.45, 2.75) is 6.42 Å². The summed E-state index contributed by atoms with van der Waals surface area (Å²) in [7, 11) is 2.18. The SMILES string of the molecule is CN1CCN(CCOc2cccc(CCN)c2)CC1. The van der Waals surface area contributed by atoms with E-state index in [1.54, 1.807) is 0 Å². The molecule has 4 heteroatoms. The molecule has 0 spiro atoms. The lowest BCUT2D eigenvalue weighted by Gasteiger charge is -2.32. The van der Waals surface area contributed by atoms with E-state index in [0.29, 0.717) is 6.54 Å². The molecular formula is C15H25N3O. The Bertz CT molecular complexity index is 375. The Labute approximate surface area is 116 Å². The zero-order valence-electron chi connectivity index (χ0n) is 11.8. The molecule has 0 amide bonds. The molecule has 1 aromatic rings. The number of hydrogen-bond acceptors (Lipinski definition) is 4. The topological polar surface area (TPSA) is 41.7 Å². The fourth-order valence-corrected chi connectivity index (χ4v) is 2.32. The maximum atomic E-state index is 5.83. The standard InChI is InChI=1S/C15H25N3O/c1-17-7-9-18(10-8-17)11-12-19-15-4-2-3-14(13-15)5-6-16/h2-4,13H,5-12,16H2,1H3. The summed E-state index contributed by atoms with van der Waals surface area (Å²) < 4.78 is 5.83. The molecule has 1 saturated heterocycles. The smallest absolute Gasteiger partial charge is 0.119 e. The van der Waals surface area contributed by atoms with Crippen molar-refractivity contribution >= 4 is 0 Å². The van der Waals surface area contributed by atoms with E-state index in [-0.39, 0.29) is 0 Å². The molecule has 1 fully saturated rings. The van der Waals surface area contributed by atoms with Crippen LogP contribution >= 0.6 is 0 Å². The number of rotatable bonds is 6. The van der Waals surface area contributed by atoms with Crippen LogP contribution < -0.4 is 10.5 Å². The Kier molecular flexibility index (Phi) is 5.63. The minimum absolute atomic E-state index is 0.685. The first kappa shape index (κ1) is 14.3. The van der Waals surface area contributed by atoms with Crippen molar-refractivity contribution < 1.29 is 4.74 Å². The van der Waals surface area contributed by atoms with Gasteiger partial charge in [0.05, 0.1) is 0 Å². The summed E-state index contributed by atoms with van der Waals surface area (Å²) in [4.78, 5) is 4.83. The number of piperazine rings is 1. The predicted molar refractivity (Wildman–Crippen MR) is 78.6 cm³/mol. The Morgan fingerprint density at radius 3 is 2.74 bits per heavy atom. The first-order valence-corrected chi connectivity index (χ1v) is 7.10. The first-order chi connectivity index (χ1) is 9.28. The maximum absolute atomic E-state index is 5.83. The molecule has 0 radical (unpaired) electrons. The van der Waals surface area contributed by atoms with E-state index < -0.39 is 0 Å². The molecule has 106 valence electrons. The molecule has 1 aromatic carbocycles. The van der Waals surface area contributed by atoms with Crippen LogP contribution in [-0.2, 0) is 6.42 Å². The third kappa shape index (κ3) is 4.82. The van der Waals surface area contributed by atoms with Gasteiger partial charge in [-0.15, -0.1) is 0 Å². The van der Waals surface area contributed by atoms with Crippen molar-refractivity contribution in [3.05, 3.63) is 29.8 Å². The molecule has 0 unspecified atom stereocenters. The van der Waals surface area contributed by atoms with Gasteiger partial charge in [0.25, 0.3) is 0 Å². The van der Waals surface area contributed by atoms with Gasteiger partial charge < -0.3 is 15.4 Å². The zero-order chi connectivity index (χ0) is 13.5. The van der Waals surface area contributed by atoms with E-state index in [1.807, 2.05) is 12.1 Å². The van der Waals surface area contributed by atoms with Gasteiger partial charge in [-0.05, 0) is 37.7 Å². The third-order valence-corrected chi connectivity index (χ3v) is 3.60. The highest BCUT2D eigenvalue weighted by Gasteiger charge is 2.13. The minimum atomic E-state index is 0.685. The van der Waals surface area contributed by atoms with Crippen LogP contribution in [0.25, 0.3) is 0 Å². The second kappa shape index (κ2) is 7.48. The first-order valence-electron chi connectivity index (χ1n) is 7.10. The molecule has 4 nitrogen and oxygen atoms in total. The van der Waals surface area contributed by atoms with Crippen LogP contribution in [0, 0.1) is 0 Å². The van der Waals surface area contributed by atoms with Crippen molar-refractivity contribution in [2.24, 2.45) is 5.73 Å². The van der Waals surface area contributed by atoms with Gasteiger partial charge in [-0.2, -0.15) is 0 Å². The number of likely N-dealkylation sites (N-methyl/N-ethyl adjacent to an activating group) is 1. The second-order valence-corrected chi connectivity index (χ2v) is 5.18. The molecule has 0 saturated carbocycles. The number of ether oxygens (including phenoxy) is 1. The largest absolute Gasteiger partial charge is 0.492 e. The molecule has 0 bridgehead atoms. The number of benzene rings is 1. The monoisotopic (exact) mass is 263 g/mol.